The number of aryl methyl sites for hydroxylation is 2. The summed E-state index contributed by atoms with van der Waals surface area (Å²) in [7, 11) is 0. The number of carbonyl (C=O) groups is 3. The molecule has 8 nitrogen and oxygen atoms in total. The predicted octanol–water partition coefficient (Wildman–Crippen LogP) is 2.21. The van der Waals surface area contributed by atoms with Gasteiger partial charge < -0.3 is 5.32 Å². The lowest BCUT2D eigenvalue weighted by Crippen LogP contribution is -2.43. The van der Waals surface area contributed by atoms with Crippen molar-refractivity contribution in [2.24, 2.45) is 0 Å². The van der Waals surface area contributed by atoms with Crippen LogP contribution < -0.4 is 16.2 Å². The minimum absolute atomic E-state index is 0.00437. The Balaban J connectivity index is 1.51. The SMILES string of the molecule is Cc1cc(C)n(CC(=O)NNC(=O)c2ccc(NC(=O)c3ccccc3)cc2)n1. The zero-order valence-corrected chi connectivity index (χ0v) is 16.1. The van der Waals surface area contributed by atoms with Gasteiger partial charge in [-0.3, -0.25) is 29.9 Å². The van der Waals surface area contributed by atoms with Crippen molar-refractivity contribution in [3.8, 4) is 0 Å². The zero-order chi connectivity index (χ0) is 20.8. The molecule has 0 atom stereocenters. The highest BCUT2D eigenvalue weighted by atomic mass is 16.2. The molecular formula is C21H21N5O3. The number of nitrogens with one attached hydrogen (secondary N) is 3. The van der Waals surface area contributed by atoms with Crippen molar-refractivity contribution in [2.75, 3.05) is 5.32 Å². The van der Waals surface area contributed by atoms with Crippen LogP contribution in [0.4, 0.5) is 5.69 Å². The van der Waals surface area contributed by atoms with E-state index in [2.05, 4.69) is 21.3 Å². The molecule has 0 unspecified atom stereocenters. The monoisotopic (exact) mass is 391 g/mol. The molecule has 0 bridgehead atoms. The van der Waals surface area contributed by atoms with Gasteiger partial charge in [0.15, 0.2) is 0 Å². The summed E-state index contributed by atoms with van der Waals surface area (Å²) < 4.78 is 1.56. The number of hydrogen-bond acceptors (Lipinski definition) is 4. The Kier molecular flexibility index (Phi) is 6.03. The minimum Gasteiger partial charge on any atom is -0.322 e. The average Bonchev–Trinajstić information content (AvgIpc) is 3.04. The van der Waals surface area contributed by atoms with Crippen molar-refractivity contribution >= 4 is 23.4 Å². The van der Waals surface area contributed by atoms with E-state index in [0.717, 1.165) is 11.4 Å². The predicted molar refractivity (Wildman–Crippen MR) is 108 cm³/mol. The van der Waals surface area contributed by atoms with Gasteiger partial charge in [-0.05, 0) is 56.3 Å². The lowest BCUT2D eigenvalue weighted by molar-refractivity contribution is -0.122. The molecule has 2 aromatic carbocycles. The fraction of sp³-hybridized carbons (Fsp3) is 0.143. The van der Waals surface area contributed by atoms with Gasteiger partial charge in [0.05, 0.1) is 5.69 Å². The zero-order valence-electron chi connectivity index (χ0n) is 16.1. The summed E-state index contributed by atoms with van der Waals surface area (Å²) in [6.07, 6.45) is 0. The fourth-order valence-electron chi connectivity index (χ4n) is 2.71. The first-order chi connectivity index (χ1) is 13.9. The number of hydrogen-bond donors (Lipinski definition) is 3. The van der Waals surface area contributed by atoms with E-state index in [-0.39, 0.29) is 12.5 Å². The molecule has 0 spiro atoms. The van der Waals surface area contributed by atoms with E-state index in [1.807, 2.05) is 26.0 Å². The number of anilines is 1. The van der Waals surface area contributed by atoms with Gasteiger partial charge in [0.1, 0.15) is 6.54 Å². The summed E-state index contributed by atoms with van der Waals surface area (Å²) in [5.74, 6) is -1.09. The first-order valence-corrected chi connectivity index (χ1v) is 8.99. The molecule has 0 saturated heterocycles. The highest BCUT2D eigenvalue weighted by molar-refractivity contribution is 6.04. The molecule has 0 aliphatic carbocycles. The number of nitrogens with zero attached hydrogens (tertiary/aromatic N) is 2. The van der Waals surface area contributed by atoms with E-state index >= 15 is 0 Å². The third kappa shape index (κ3) is 5.29. The number of carbonyl (C=O) groups excluding carboxylic acids is 3. The molecular weight excluding hydrogens is 370 g/mol. The van der Waals surface area contributed by atoms with Gasteiger partial charge in [0, 0.05) is 22.5 Å². The van der Waals surface area contributed by atoms with Crippen LogP contribution in [0.1, 0.15) is 32.1 Å². The largest absolute Gasteiger partial charge is 0.322 e. The Morgan fingerprint density at radius 2 is 1.52 bits per heavy atom. The number of benzene rings is 2. The van der Waals surface area contributed by atoms with Gasteiger partial charge in [-0.25, -0.2) is 0 Å². The molecule has 29 heavy (non-hydrogen) atoms. The Bertz CT molecular complexity index is 1030. The van der Waals surface area contributed by atoms with Crippen LogP contribution in [0.5, 0.6) is 0 Å². The molecule has 0 fully saturated rings. The fourth-order valence-corrected chi connectivity index (χ4v) is 2.71. The molecule has 0 aliphatic heterocycles. The summed E-state index contributed by atoms with van der Waals surface area (Å²) in [6.45, 7) is 3.70. The average molecular weight is 391 g/mol. The molecule has 8 heteroatoms. The number of rotatable bonds is 5. The number of amides is 3. The van der Waals surface area contributed by atoms with Crippen LogP contribution in [0.2, 0.25) is 0 Å². The maximum absolute atomic E-state index is 12.2. The quantitative estimate of drug-likeness (QED) is 0.580. The third-order valence-electron chi connectivity index (χ3n) is 4.15. The summed E-state index contributed by atoms with van der Waals surface area (Å²) in [5, 5.41) is 6.96. The summed E-state index contributed by atoms with van der Waals surface area (Å²) in [6, 6.07) is 17.0. The summed E-state index contributed by atoms with van der Waals surface area (Å²) in [4.78, 5) is 36.3. The third-order valence-corrected chi connectivity index (χ3v) is 4.15. The molecule has 148 valence electrons. The smallest absolute Gasteiger partial charge is 0.269 e. The van der Waals surface area contributed by atoms with E-state index in [1.165, 1.54) is 0 Å². The van der Waals surface area contributed by atoms with Crippen LogP contribution in [0.25, 0.3) is 0 Å². The molecule has 0 aliphatic rings. The first kappa shape index (κ1) is 19.8. The Morgan fingerprint density at radius 3 is 2.14 bits per heavy atom. The lowest BCUT2D eigenvalue weighted by Gasteiger charge is -2.09. The van der Waals surface area contributed by atoms with Crippen LogP contribution in [0.3, 0.4) is 0 Å². The second kappa shape index (κ2) is 8.83. The second-order valence-corrected chi connectivity index (χ2v) is 6.48. The van der Waals surface area contributed by atoms with Gasteiger partial charge in [-0.1, -0.05) is 18.2 Å². The normalized spacial score (nSPS) is 10.3. The van der Waals surface area contributed by atoms with Crippen molar-refractivity contribution < 1.29 is 14.4 Å². The molecule has 0 saturated carbocycles. The molecule has 3 N–H and O–H groups in total. The summed E-state index contributed by atoms with van der Waals surface area (Å²) in [5.41, 5.74) is 7.85. The molecule has 3 aromatic rings. The second-order valence-electron chi connectivity index (χ2n) is 6.48. The molecule has 3 amide bonds. The van der Waals surface area contributed by atoms with Gasteiger partial charge >= 0.3 is 0 Å². The lowest BCUT2D eigenvalue weighted by atomic mass is 10.1. The molecule has 0 radical (unpaired) electrons. The summed E-state index contributed by atoms with van der Waals surface area (Å²) >= 11 is 0. The standard InChI is InChI=1S/C21H21N5O3/c1-14-12-15(2)26(25-14)13-19(27)23-24-21(29)17-8-10-18(11-9-17)22-20(28)16-6-4-3-5-7-16/h3-12H,13H2,1-2H3,(H,22,28)(H,23,27)(H,24,29). The maximum atomic E-state index is 12.2. The minimum atomic E-state index is -0.465. The van der Waals surface area contributed by atoms with Crippen molar-refractivity contribution in [2.45, 2.75) is 20.4 Å². The maximum Gasteiger partial charge on any atom is 0.269 e. The number of hydrazine groups is 1. The van der Waals surface area contributed by atoms with Crippen molar-refractivity contribution in [3.05, 3.63) is 83.2 Å². The van der Waals surface area contributed by atoms with Gasteiger partial charge in [0.25, 0.3) is 17.7 Å². The van der Waals surface area contributed by atoms with Crippen molar-refractivity contribution in [1.82, 2.24) is 20.6 Å². The van der Waals surface area contributed by atoms with Crippen molar-refractivity contribution in [3.63, 3.8) is 0 Å². The van der Waals surface area contributed by atoms with Crippen LogP contribution in [-0.2, 0) is 11.3 Å². The van der Waals surface area contributed by atoms with Gasteiger partial charge in [0.2, 0.25) is 0 Å². The first-order valence-electron chi connectivity index (χ1n) is 8.99. The highest BCUT2D eigenvalue weighted by Gasteiger charge is 2.11. The van der Waals surface area contributed by atoms with Crippen LogP contribution >= 0.6 is 0 Å². The van der Waals surface area contributed by atoms with E-state index in [0.29, 0.717) is 16.8 Å². The van der Waals surface area contributed by atoms with Gasteiger partial charge in [-0.2, -0.15) is 5.10 Å². The van der Waals surface area contributed by atoms with Crippen molar-refractivity contribution in [1.29, 1.82) is 0 Å². The van der Waals surface area contributed by atoms with E-state index < -0.39 is 11.8 Å². The number of aromatic nitrogens is 2. The van der Waals surface area contributed by atoms with E-state index in [9.17, 15) is 14.4 Å². The Morgan fingerprint density at radius 1 is 0.862 bits per heavy atom. The van der Waals surface area contributed by atoms with Crippen LogP contribution in [0, 0.1) is 13.8 Å². The molecule has 1 heterocycles. The van der Waals surface area contributed by atoms with Gasteiger partial charge in [-0.15, -0.1) is 0 Å². The van der Waals surface area contributed by atoms with E-state index in [4.69, 9.17) is 0 Å². The Labute approximate surface area is 167 Å². The molecule has 3 rings (SSSR count). The van der Waals surface area contributed by atoms with Crippen LogP contribution in [0.15, 0.2) is 60.7 Å². The Hall–Kier alpha value is -3.94. The van der Waals surface area contributed by atoms with Crippen LogP contribution in [-0.4, -0.2) is 27.5 Å². The topological polar surface area (TPSA) is 105 Å². The molecule has 1 aromatic heterocycles. The highest BCUT2D eigenvalue weighted by Crippen LogP contribution is 2.11. The van der Waals surface area contributed by atoms with E-state index in [1.54, 1.807) is 53.2 Å².